The van der Waals surface area contributed by atoms with Crippen LogP contribution in [0.1, 0.15) is 32.5 Å². The van der Waals surface area contributed by atoms with Gasteiger partial charge in [-0.25, -0.2) is 9.97 Å². The molecule has 0 saturated carbocycles. The van der Waals surface area contributed by atoms with E-state index in [0.717, 1.165) is 34.1 Å². The summed E-state index contributed by atoms with van der Waals surface area (Å²) in [5, 5.41) is 0. The summed E-state index contributed by atoms with van der Waals surface area (Å²) >= 11 is 0. The highest BCUT2D eigenvalue weighted by Gasteiger charge is 2.16. The number of ether oxygens (including phenoxy) is 1. The van der Waals surface area contributed by atoms with Crippen LogP contribution >= 0.6 is 0 Å². The molecule has 0 amide bonds. The first kappa shape index (κ1) is 16.2. The van der Waals surface area contributed by atoms with Crippen LogP contribution in [-0.2, 0) is 7.05 Å². The predicted octanol–water partition coefficient (Wildman–Crippen LogP) is 3.02. The lowest BCUT2D eigenvalue weighted by Crippen LogP contribution is -2.17. The molecule has 0 aliphatic rings. The summed E-state index contributed by atoms with van der Waals surface area (Å²) in [7, 11) is 3.64. The van der Waals surface area contributed by atoms with E-state index in [4.69, 9.17) is 14.7 Å². The van der Waals surface area contributed by atoms with Crippen molar-refractivity contribution in [1.29, 1.82) is 0 Å². The highest BCUT2D eigenvalue weighted by molar-refractivity contribution is 5.75. The van der Waals surface area contributed by atoms with Crippen molar-refractivity contribution in [3.05, 3.63) is 35.6 Å². The van der Waals surface area contributed by atoms with Gasteiger partial charge in [0.25, 0.3) is 0 Å². The van der Waals surface area contributed by atoms with Gasteiger partial charge in [-0.3, -0.25) is 4.99 Å². The van der Waals surface area contributed by atoms with Crippen LogP contribution in [0.25, 0.3) is 22.6 Å². The van der Waals surface area contributed by atoms with Gasteiger partial charge in [0, 0.05) is 19.5 Å². The van der Waals surface area contributed by atoms with Crippen LogP contribution in [-0.4, -0.2) is 33.2 Å². The van der Waals surface area contributed by atoms with E-state index in [-0.39, 0.29) is 0 Å². The Morgan fingerprint density at radius 3 is 2.67 bits per heavy atom. The van der Waals surface area contributed by atoms with E-state index in [1.54, 1.807) is 7.11 Å². The van der Waals surface area contributed by atoms with Gasteiger partial charge in [0.2, 0.25) is 0 Å². The van der Waals surface area contributed by atoms with Gasteiger partial charge in [0.05, 0.1) is 12.7 Å². The Balaban J connectivity index is 2.38. The number of rotatable bonds is 4. The third kappa shape index (κ3) is 2.68. The number of fused-ring (bicyclic) bond motifs is 1. The van der Waals surface area contributed by atoms with Gasteiger partial charge in [-0.2, -0.15) is 0 Å². The number of H-pyrrole nitrogens is 1. The molecule has 0 aliphatic carbocycles. The Kier molecular flexibility index (Phi) is 4.38. The Labute approximate surface area is 141 Å². The Bertz CT molecular complexity index is 936. The van der Waals surface area contributed by atoms with Gasteiger partial charge in [0.1, 0.15) is 22.9 Å². The molecule has 0 radical (unpaired) electrons. The second-order valence-electron chi connectivity index (χ2n) is 5.97. The van der Waals surface area contributed by atoms with E-state index < -0.39 is 0 Å². The van der Waals surface area contributed by atoms with Crippen LogP contribution in [0.15, 0.2) is 29.3 Å². The number of aromatic amines is 1. The lowest BCUT2D eigenvalue weighted by Gasteiger charge is -2.12. The van der Waals surface area contributed by atoms with E-state index in [1.165, 1.54) is 0 Å². The topological polar surface area (TPSA) is 68.1 Å². The molecule has 1 N–H and O–H groups in total. The maximum atomic E-state index is 5.50. The standard InChI is InChI=1S/C18H23N5O/c1-6-19-16-14-18(21-15(20-14)11(2)3)23(4)17(22-16)12-9-7-8-10-13(12)24-5/h7-11H,6H2,1-5H3,(H,20,21). The van der Waals surface area contributed by atoms with Gasteiger partial charge in [-0.1, -0.05) is 26.0 Å². The number of hydrogen-bond acceptors (Lipinski definition) is 4. The predicted molar refractivity (Wildman–Crippen MR) is 95.0 cm³/mol. The first-order valence-electron chi connectivity index (χ1n) is 8.17. The quantitative estimate of drug-likeness (QED) is 0.802. The zero-order valence-electron chi connectivity index (χ0n) is 14.8. The summed E-state index contributed by atoms with van der Waals surface area (Å²) in [6.45, 7) is 6.89. The molecule has 6 heteroatoms. The molecule has 0 atom stereocenters. The minimum Gasteiger partial charge on any atom is -0.496 e. The van der Waals surface area contributed by atoms with Gasteiger partial charge in [-0.15, -0.1) is 0 Å². The fourth-order valence-electron chi connectivity index (χ4n) is 2.72. The number of nitrogens with one attached hydrogen (secondary N) is 1. The van der Waals surface area contributed by atoms with Crippen LogP contribution < -0.4 is 10.2 Å². The average molecular weight is 325 g/mol. The molecular formula is C18H23N5O. The molecule has 3 rings (SSSR count). The molecule has 0 spiro atoms. The number of aryl methyl sites for hydroxylation is 1. The van der Waals surface area contributed by atoms with Crippen molar-refractivity contribution in [2.75, 3.05) is 13.7 Å². The molecule has 0 saturated heterocycles. The number of nitrogens with zero attached hydrogens (tertiary/aromatic N) is 4. The molecule has 0 fully saturated rings. The van der Waals surface area contributed by atoms with Crippen LogP contribution in [0, 0.1) is 0 Å². The second kappa shape index (κ2) is 6.47. The molecule has 0 bridgehead atoms. The lowest BCUT2D eigenvalue weighted by atomic mass is 10.2. The first-order chi connectivity index (χ1) is 11.6. The van der Waals surface area contributed by atoms with Crippen LogP contribution in [0.4, 0.5) is 0 Å². The third-order valence-corrected chi connectivity index (χ3v) is 3.98. The minimum atomic E-state index is 0.307. The molecule has 3 aromatic rings. The molecule has 2 aromatic heterocycles. The number of para-hydroxylation sites is 1. The summed E-state index contributed by atoms with van der Waals surface area (Å²) in [6.07, 6.45) is 0. The van der Waals surface area contributed by atoms with E-state index in [0.29, 0.717) is 18.0 Å². The summed E-state index contributed by atoms with van der Waals surface area (Å²) in [6, 6.07) is 7.86. The maximum absolute atomic E-state index is 5.50. The van der Waals surface area contributed by atoms with Crippen LogP contribution in [0.5, 0.6) is 5.75 Å². The molecule has 0 unspecified atom stereocenters. The molecule has 0 aliphatic heterocycles. The Morgan fingerprint density at radius 1 is 1.25 bits per heavy atom. The normalized spacial score (nSPS) is 12.3. The Hall–Kier alpha value is -2.63. The number of imidazole rings is 1. The van der Waals surface area contributed by atoms with Crippen LogP contribution in [0.3, 0.4) is 0 Å². The molecule has 1 aromatic carbocycles. The van der Waals surface area contributed by atoms with Gasteiger partial charge >= 0.3 is 0 Å². The number of methoxy groups -OCH3 is 1. The van der Waals surface area contributed by atoms with E-state index >= 15 is 0 Å². The van der Waals surface area contributed by atoms with Crippen molar-refractivity contribution in [3.63, 3.8) is 0 Å². The monoisotopic (exact) mass is 325 g/mol. The lowest BCUT2D eigenvalue weighted by molar-refractivity contribution is 0.416. The summed E-state index contributed by atoms with van der Waals surface area (Å²) in [5.41, 5.74) is 3.33. The SMILES string of the molecule is CCN=c1nc(-c2ccccc2OC)n(C)c2nc(C(C)C)[nH]c12. The summed E-state index contributed by atoms with van der Waals surface area (Å²) in [5.74, 6) is 2.81. The zero-order chi connectivity index (χ0) is 17.3. The maximum Gasteiger partial charge on any atom is 0.177 e. The van der Waals surface area contributed by atoms with Crippen molar-refractivity contribution in [2.45, 2.75) is 26.7 Å². The highest BCUT2D eigenvalue weighted by Crippen LogP contribution is 2.28. The van der Waals surface area contributed by atoms with Crippen molar-refractivity contribution < 1.29 is 4.74 Å². The number of aromatic nitrogens is 4. The average Bonchev–Trinajstić information content (AvgIpc) is 3.04. The van der Waals surface area contributed by atoms with Gasteiger partial charge in [0.15, 0.2) is 11.1 Å². The van der Waals surface area contributed by atoms with Crippen molar-refractivity contribution in [2.24, 2.45) is 12.0 Å². The van der Waals surface area contributed by atoms with Gasteiger partial charge < -0.3 is 14.3 Å². The van der Waals surface area contributed by atoms with E-state index in [2.05, 4.69) is 23.8 Å². The fourth-order valence-corrected chi connectivity index (χ4v) is 2.72. The smallest absolute Gasteiger partial charge is 0.177 e. The van der Waals surface area contributed by atoms with Crippen molar-refractivity contribution >= 4 is 11.2 Å². The molecular weight excluding hydrogens is 302 g/mol. The van der Waals surface area contributed by atoms with E-state index in [9.17, 15) is 0 Å². The molecule has 2 heterocycles. The minimum absolute atomic E-state index is 0.307. The number of benzene rings is 1. The molecule has 6 nitrogen and oxygen atoms in total. The second-order valence-corrected chi connectivity index (χ2v) is 5.97. The zero-order valence-corrected chi connectivity index (χ0v) is 14.8. The molecule has 126 valence electrons. The molecule has 24 heavy (non-hydrogen) atoms. The third-order valence-electron chi connectivity index (χ3n) is 3.98. The fraction of sp³-hybridized carbons (Fsp3) is 0.389. The largest absolute Gasteiger partial charge is 0.496 e. The van der Waals surface area contributed by atoms with Crippen LogP contribution in [0.2, 0.25) is 0 Å². The summed E-state index contributed by atoms with van der Waals surface area (Å²) in [4.78, 5) is 17.5. The van der Waals surface area contributed by atoms with Crippen molar-refractivity contribution in [3.8, 4) is 17.1 Å². The van der Waals surface area contributed by atoms with Gasteiger partial charge in [-0.05, 0) is 19.1 Å². The first-order valence-corrected chi connectivity index (χ1v) is 8.17. The number of hydrogen-bond donors (Lipinski definition) is 1. The van der Waals surface area contributed by atoms with E-state index in [1.807, 2.05) is 42.8 Å². The highest BCUT2D eigenvalue weighted by atomic mass is 16.5. The van der Waals surface area contributed by atoms with Crippen molar-refractivity contribution in [1.82, 2.24) is 19.5 Å². The summed E-state index contributed by atoms with van der Waals surface area (Å²) < 4.78 is 7.49. The Morgan fingerprint density at radius 2 is 2.00 bits per heavy atom.